The summed E-state index contributed by atoms with van der Waals surface area (Å²) in [5.74, 6) is 4.61. The highest BCUT2D eigenvalue weighted by Crippen LogP contribution is 2.11. The minimum absolute atomic E-state index is 0.0685. The van der Waals surface area contributed by atoms with Crippen molar-refractivity contribution in [2.24, 2.45) is 5.73 Å². The first-order chi connectivity index (χ1) is 9.58. The van der Waals surface area contributed by atoms with Crippen LogP contribution in [0, 0.1) is 17.7 Å². The average molecular weight is 278 g/mol. The number of halogens is 1. The van der Waals surface area contributed by atoms with E-state index in [1.807, 2.05) is 6.92 Å². The van der Waals surface area contributed by atoms with E-state index in [1.54, 1.807) is 7.11 Å². The molecule has 0 heterocycles. The molecule has 1 atom stereocenters. The number of amides is 1. The van der Waals surface area contributed by atoms with Gasteiger partial charge in [-0.3, -0.25) is 4.79 Å². The Morgan fingerprint density at radius 2 is 2.30 bits per heavy atom. The summed E-state index contributed by atoms with van der Waals surface area (Å²) in [6, 6.07) is 3.86. The molecule has 0 radical (unpaired) electrons. The van der Waals surface area contributed by atoms with Gasteiger partial charge in [-0.2, -0.15) is 0 Å². The van der Waals surface area contributed by atoms with E-state index in [2.05, 4.69) is 17.2 Å². The number of benzene rings is 1. The summed E-state index contributed by atoms with van der Waals surface area (Å²) in [5, 5.41) is 2.79. The second-order valence-electron chi connectivity index (χ2n) is 4.35. The van der Waals surface area contributed by atoms with Gasteiger partial charge in [0.15, 0.2) is 0 Å². The van der Waals surface area contributed by atoms with E-state index in [9.17, 15) is 9.18 Å². The molecule has 0 spiro atoms. The minimum Gasteiger partial charge on any atom is -0.385 e. The van der Waals surface area contributed by atoms with E-state index in [0.717, 1.165) is 0 Å². The Morgan fingerprint density at radius 1 is 1.55 bits per heavy atom. The van der Waals surface area contributed by atoms with Gasteiger partial charge in [0.05, 0.1) is 12.1 Å². The predicted molar refractivity (Wildman–Crippen MR) is 75.8 cm³/mol. The van der Waals surface area contributed by atoms with E-state index in [0.29, 0.717) is 18.6 Å². The summed E-state index contributed by atoms with van der Waals surface area (Å²) in [4.78, 5) is 12.1. The summed E-state index contributed by atoms with van der Waals surface area (Å²) in [7, 11) is 1.60. The van der Waals surface area contributed by atoms with Crippen molar-refractivity contribution in [1.29, 1.82) is 0 Å². The fraction of sp³-hybridized carbons (Fsp3) is 0.400. The average Bonchev–Trinajstić information content (AvgIpc) is 2.43. The topological polar surface area (TPSA) is 64.3 Å². The highest BCUT2D eigenvalue weighted by atomic mass is 19.1. The number of methoxy groups -OCH3 is 1. The summed E-state index contributed by atoms with van der Waals surface area (Å²) in [6.07, 6.45) is 0.682. The van der Waals surface area contributed by atoms with E-state index < -0.39 is 5.82 Å². The highest BCUT2D eigenvalue weighted by molar-refractivity contribution is 5.96. The van der Waals surface area contributed by atoms with E-state index in [1.165, 1.54) is 18.2 Å². The Labute approximate surface area is 118 Å². The Balaban J connectivity index is 2.88. The van der Waals surface area contributed by atoms with Crippen molar-refractivity contribution >= 4 is 5.91 Å². The van der Waals surface area contributed by atoms with Gasteiger partial charge in [-0.25, -0.2) is 4.39 Å². The zero-order valence-electron chi connectivity index (χ0n) is 11.7. The summed E-state index contributed by atoms with van der Waals surface area (Å²) >= 11 is 0. The van der Waals surface area contributed by atoms with Crippen LogP contribution in [0.15, 0.2) is 18.2 Å². The smallest absolute Gasteiger partial charge is 0.252 e. The standard InChI is InChI=1S/C15H19FN2O2/c1-11(7-9-20-2)18-15(19)14-10-13(16)6-5-12(14)4-3-8-17/h5-6,10-11H,7-9,17H2,1-2H3,(H,18,19). The largest absolute Gasteiger partial charge is 0.385 e. The minimum atomic E-state index is -0.474. The van der Waals surface area contributed by atoms with Crippen molar-refractivity contribution in [3.63, 3.8) is 0 Å². The fourth-order valence-corrected chi connectivity index (χ4v) is 1.63. The molecule has 20 heavy (non-hydrogen) atoms. The molecule has 1 unspecified atom stereocenters. The molecule has 0 bridgehead atoms. The van der Waals surface area contributed by atoms with Crippen LogP contribution in [0.5, 0.6) is 0 Å². The fourth-order valence-electron chi connectivity index (χ4n) is 1.63. The van der Waals surface area contributed by atoms with Crippen LogP contribution < -0.4 is 11.1 Å². The lowest BCUT2D eigenvalue weighted by Gasteiger charge is -2.14. The lowest BCUT2D eigenvalue weighted by atomic mass is 10.1. The molecule has 0 fully saturated rings. The third-order valence-corrected chi connectivity index (χ3v) is 2.68. The predicted octanol–water partition coefficient (Wildman–Crippen LogP) is 1.29. The maximum atomic E-state index is 13.3. The molecule has 0 saturated heterocycles. The molecule has 0 aliphatic carbocycles. The van der Waals surface area contributed by atoms with E-state index in [4.69, 9.17) is 10.5 Å². The summed E-state index contributed by atoms with van der Waals surface area (Å²) < 4.78 is 18.2. The first kappa shape index (κ1) is 16.2. The van der Waals surface area contributed by atoms with Gasteiger partial charge in [-0.1, -0.05) is 11.8 Å². The van der Waals surface area contributed by atoms with E-state index >= 15 is 0 Å². The molecular formula is C15H19FN2O2. The SMILES string of the molecule is COCCC(C)NC(=O)c1cc(F)ccc1C#CCN. The van der Waals surface area contributed by atoms with Crippen LogP contribution in [0.1, 0.15) is 29.3 Å². The van der Waals surface area contributed by atoms with E-state index in [-0.39, 0.29) is 24.1 Å². The number of carbonyl (C=O) groups excluding carboxylic acids is 1. The van der Waals surface area contributed by atoms with Crippen molar-refractivity contribution in [2.75, 3.05) is 20.3 Å². The number of nitrogens with two attached hydrogens (primary N) is 1. The van der Waals surface area contributed by atoms with Gasteiger partial charge in [0.2, 0.25) is 0 Å². The first-order valence-electron chi connectivity index (χ1n) is 6.36. The van der Waals surface area contributed by atoms with Crippen molar-refractivity contribution < 1.29 is 13.9 Å². The number of hydrogen-bond donors (Lipinski definition) is 2. The second-order valence-corrected chi connectivity index (χ2v) is 4.35. The molecule has 3 N–H and O–H groups in total. The Kier molecular flexibility index (Phi) is 6.71. The maximum Gasteiger partial charge on any atom is 0.252 e. The van der Waals surface area contributed by atoms with Gasteiger partial charge >= 0.3 is 0 Å². The molecule has 0 saturated carbocycles. The number of nitrogens with one attached hydrogen (secondary N) is 1. The van der Waals surface area contributed by atoms with Crippen LogP contribution in [-0.4, -0.2) is 32.2 Å². The summed E-state index contributed by atoms with van der Waals surface area (Å²) in [5.41, 5.74) is 5.99. The lowest BCUT2D eigenvalue weighted by Crippen LogP contribution is -2.33. The number of hydrogen-bond acceptors (Lipinski definition) is 3. The van der Waals surface area contributed by atoms with Crippen molar-refractivity contribution in [2.45, 2.75) is 19.4 Å². The van der Waals surface area contributed by atoms with Crippen molar-refractivity contribution in [3.05, 3.63) is 35.1 Å². The Morgan fingerprint density at radius 3 is 2.95 bits per heavy atom. The Bertz CT molecular complexity index is 520. The molecular weight excluding hydrogens is 259 g/mol. The molecule has 1 amide bonds. The maximum absolute atomic E-state index is 13.3. The number of ether oxygens (including phenoxy) is 1. The summed E-state index contributed by atoms with van der Waals surface area (Å²) in [6.45, 7) is 2.59. The molecule has 1 rings (SSSR count). The zero-order valence-corrected chi connectivity index (χ0v) is 11.7. The second kappa shape index (κ2) is 8.31. The molecule has 0 aromatic heterocycles. The lowest BCUT2D eigenvalue weighted by molar-refractivity contribution is 0.0929. The third-order valence-electron chi connectivity index (χ3n) is 2.68. The van der Waals surface area contributed by atoms with Crippen LogP contribution >= 0.6 is 0 Å². The van der Waals surface area contributed by atoms with Crippen LogP contribution in [-0.2, 0) is 4.74 Å². The van der Waals surface area contributed by atoms with Crippen LogP contribution in [0.25, 0.3) is 0 Å². The molecule has 0 aliphatic heterocycles. The number of rotatable bonds is 5. The quantitative estimate of drug-likeness (QED) is 0.798. The molecule has 108 valence electrons. The molecule has 1 aromatic carbocycles. The zero-order chi connectivity index (χ0) is 15.0. The van der Waals surface area contributed by atoms with Crippen LogP contribution in [0.2, 0.25) is 0 Å². The van der Waals surface area contributed by atoms with Crippen molar-refractivity contribution in [3.8, 4) is 11.8 Å². The van der Waals surface area contributed by atoms with Gasteiger partial charge in [0, 0.05) is 25.3 Å². The van der Waals surface area contributed by atoms with Crippen LogP contribution in [0.3, 0.4) is 0 Å². The van der Waals surface area contributed by atoms with Crippen molar-refractivity contribution in [1.82, 2.24) is 5.32 Å². The monoisotopic (exact) mass is 278 g/mol. The molecule has 5 heteroatoms. The molecule has 4 nitrogen and oxygen atoms in total. The third kappa shape index (κ3) is 5.00. The first-order valence-corrected chi connectivity index (χ1v) is 6.36. The normalized spacial score (nSPS) is 11.4. The van der Waals surface area contributed by atoms with Gasteiger partial charge in [0.1, 0.15) is 5.82 Å². The number of carbonyl (C=O) groups is 1. The van der Waals surface area contributed by atoms with Gasteiger partial charge in [-0.15, -0.1) is 0 Å². The Hall–Kier alpha value is -1.90. The highest BCUT2D eigenvalue weighted by Gasteiger charge is 2.14. The van der Waals surface area contributed by atoms with Gasteiger partial charge in [-0.05, 0) is 31.5 Å². The molecule has 0 aliphatic rings. The van der Waals surface area contributed by atoms with Crippen LogP contribution in [0.4, 0.5) is 4.39 Å². The molecule has 1 aromatic rings. The van der Waals surface area contributed by atoms with Gasteiger partial charge in [0.25, 0.3) is 5.91 Å². The van der Waals surface area contributed by atoms with Gasteiger partial charge < -0.3 is 15.8 Å².